The van der Waals surface area contributed by atoms with Gasteiger partial charge in [-0.3, -0.25) is 4.79 Å². The Balaban J connectivity index is 0.996. The van der Waals surface area contributed by atoms with Gasteiger partial charge in [-0.05, 0) is 109 Å². The zero-order valence-corrected chi connectivity index (χ0v) is 44.4. The molecule has 0 aromatic rings. The molecule has 4 heterocycles. The van der Waals surface area contributed by atoms with Gasteiger partial charge in [-0.2, -0.15) is 0 Å². The van der Waals surface area contributed by atoms with Crippen LogP contribution in [-0.4, -0.2) is 221 Å². The topological polar surface area (TPSA) is 371 Å². The van der Waals surface area contributed by atoms with Crippen LogP contribution >= 0.6 is 0 Å². The van der Waals surface area contributed by atoms with E-state index in [1.807, 2.05) is 0 Å². The third-order valence-corrected chi connectivity index (χ3v) is 21.0. The van der Waals surface area contributed by atoms with Crippen molar-refractivity contribution in [2.45, 2.75) is 235 Å². The van der Waals surface area contributed by atoms with E-state index in [9.17, 15) is 76.0 Å². The number of carbonyl (C=O) groups is 2. The summed E-state index contributed by atoms with van der Waals surface area (Å²) in [5.41, 5.74) is -1.43. The van der Waals surface area contributed by atoms with Crippen LogP contribution in [0, 0.1) is 50.2 Å². The van der Waals surface area contributed by atoms with Crippen LogP contribution < -0.4 is 0 Å². The van der Waals surface area contributed by atoms with Gasteiger partial charge in [0, 0.05) is 0 Å². The lowest BCUT2D eigenvalue weighted by molar-refractivity contribution is -0.391. The predicted octanol–water partition coefficient (Wildman–Crippen LogP) is -1.30. The molecule has 0 amide bonds. The highest BCUT2D eigenvalue weighted by atomic mass is 16.8. The molecule has 4 saturated carbocycles. The van der Waals surface area contributed by atoms with Gasteiger partial charge < -0.3 is 104 Å². The van der Waals surface area contributed by atoms with Gasteiger partial charge in [0.1, 0.15) is 85.5 Å². The number of ether oxygens (including phenoxy) is 8. The summed E-state index contributed by atoms with van der Waals surface area (Å²) < 4.78 is 48.1. The average Bonchev–Trinajstić information content (AvgIpc) is 3.53. The summed E-state index contributed by atoms with van der Waals surface area (Å²) in [5, 5.41) is 138. The molecule has 22 unspecified atom stereocenters. The largest absolute Gasteiger partial charge is 0.479 e. The summed E-state index contributed by atoms with van der Waals surface area (Å²) >= 11 is 0. The molecule has 23 nitrogen and oxygen atoms in total. The van der Waals surface area contributed by atoms with Crippen molar-refractivity contribution < 1.29 is 114 Å². The summed E-state index contributed by atoms with van der Waals surface area (Å²) in [6.45, 7) is 13.7. The van der Waals surface area contributed by atoms with E-state index in [4.69, 9.17) is 37.9 Å². The van der Waals surface area contributed by atoms with Crippen molar-refractivity contribution in [2.75, 3.05) is 19.8 Å². The molecule has 27 atom stereocenters. The Morgan fingerprint density at radius 3 is 1.83 bits per heavy atom. The standard InChI is InChI=1S/C53H84O23/c1-48(2)14-16-53(47(68)76-45-37(64)34(61)32(59)26(20-55)71-45)17-15-51(6)22(23(53)18-48)8-9-28-50(5)12-11-29(49(3,4)27(50)10-13-52(28,51)7)72-46-41(75-43-35(62)30(57)24(56)21-69-43)39(38(65)40(74-46)42(66)67)73-44-36(63)33(60)31(58)25(19-54)70-44/h8,23-41,43-46,54-65H,9-21H2,1-7H3,(H,66,67)/t23?,24?,25?,26?,27?,28?,29?,30-,31?,32?,33?,34?,35-,36?,37?,38?,39?,40?,41-,43-,44?,45?,46?,50?,51-,52?,53?/m1/s1. The number of aliphatic hydroxyl groups is 12. The molecule has 4 aliphatic heterocycles. The van der Waals surface area contributed by atoms with Crippen molar-refractivity contribution in [3.05, 3.63) is 11.6 Å². The van der Waals surface area contributed by atoms with Gasteiger partial charge in [0.25, 0.3) is 0 Å². The van der Waals surface area contributed by atoms with Crippen LogP contribution in [0.4, 0.5) is 0 Å². The number of carboxylic acids is 1. The summed E-state index contributed by atoms with van der Waals surface area (Å²) in [6, 6.07) is 0. The van der Waals surface area contributed by atoms with Crippen molar-refractivity contribution in [2.24, 2.45) is 50.2 Å². The molecule has 0 bridgehead atoms. The molecule has 5 aliphatic carbocycles. The van der Waals surface area contributed by atoms with E-state index in [1.54, 1.807) is 0 Å². The van der Waals surface area contributed by atoms with Crippen LogP contribution in [0.1, 0.15) is 113 Å². The van der Waals surface area contributed by atoms with Gasteiger partial charge in [0.2, 0.25) is 6.29 Å². The maximum Gasteiger partial charge on any atom is 0.335 e. The second-order valence-electron chi connectivity index (χ2n) is 25.9. The first kappa shape index (κ1) is 58.6. The maximum atomic E-state index is 14.8. The van der Waals surface area contributed by atoms with Crippen LogP contribution in [0.5, 0.6) is 0 Å². The predicted molar refractivity (Wildman–Crippen MR) is 257 cm³/mol. The third kappa shape index (κ3) is 9.42. The molecule has 434 valence electrons. The number of hydrogen-bond donors (Lipinski definition) is 13. The number of esters is 1. The second-order valence-corrected chi connectivity index (χ2v) is 25.9. The molecule has 0 radical (unpaired) electrons. The Morgan fingerprint density at radius 2 is 1.20 bits per heavy atom. The number of carbonyl (C=O) groups excluding carboxylic acids is 1. The van der Waals surface area contributed by atoms with E-state index in [-0.39, 0.29) is 39.4 Å². The first-order valence-corrected chi connectivity index (χ1v) is 27.2. The fourth-order valence-electron chi connectivity index (χ4n) is 16.2. The highest BCUT2D eigenvalue weighted by molar-refractivity contribution is 5.79. The molecule has 13 N–H and O–H groups in total. The number of carboxylic acid groups (broad SMARTS) is 1. The third-order valence-electron chi connectivity index (χ3n) is 21.0. The SMILES string of the molecule is CC1(C)CCC2(C(=O)OC3OC(CO)C(O)C(O)C3O)CC[C@]3(C)C(=CCC4C5(C)CCC(OC6OC(C(=O)O)C(O)C(OC7OC(CO)C(O)C(O)C7O)[C@H]6O[C@H]6OCC(O)[C@@H](O)[C@H]6O)C(C)(C)C5CCC43C)C2C1. The molecular formula is C53H84O23. The van der Waals surface area contributed by atoms with Crippen molar-refractivity contribution in [1.82, 2.24) is 0 Å². The lowest BCUT2D eigenvalue weighted by atomic mass is 9.33. The molecule has 76 heavy (non-hydrogen) atoms. The Hall–Kier alpha value is -2.08. The van der Waals surface area contributed by atoms with E-state index in [0.29, 0.717) is 44.9 Å². The van der Waals surface area contributed by atoms with E-state index in [2.05, 4.69) is 54.5 Å². The first-order chi connectivity index (χ1) is 35.5. The number of fused-ring (bicyclic) bond motifs is 7. The molecule has 8 fully saturated rings. The molecular weight excluding hydrogens is 1000 g/mol. The van der Waals surface area contributed by atoms with E-state index >= 15 is 0 Å². The highest BCUT2D eigenvalue weighted by Crippen LogP contribution is 2.76. The number of aliphatic carboxylic acids is 1. The molecule has 9 rings (SSSR count). The van der Waals surface area contributed by atoms with Crippen molar-refractivity contribution in [3.63, 3.8) is 0 Å². The lowest BCUT2D eigenvalue weighted by Crippen LogP contribution is -2.68. The van der Waals surface area contributed by atoms with Gasteiger partial charge >= 0.3 is 11.9 Å². The Labute approximate surface area is 442 Å². The van der Waals surface area contributed by atoms with Crippen molar-refractivity contribution in [3.8, 4) is 0 Å². The van der Waals surface area contributed by atoms with Gasteiger partial charge in [-0.25, -0.2) is 4.79 Å². The van der Waals surface area contributed by atoms with Crippen LogP contribution in [0.2, 0.25) is 0 Å². The Morgan fingerprint density at radius 1 is 0.605 bits per heavy atom. The maximum absolute atomic E-state index is 14.8. The minimum Gasteiger partial charge on any atom is -0.479 e. The molecule has 0 spiro atoms. The quantitative estimate of drug-likeness (QED) is 0.0649. The smallest absolute Gasteiger partial charge is 0.335 e. The number of allylic oxidation sites excluding steroid dienone is 2. The minimum absolute atomic E-state index is 0.00491. The average molecular weight is 1090 g/mol. The Kier molecular flexibility index (Phi) is 16.2. The van der Waals surface area contributed by atoms with E-state index in [0.717, 1.165) is 19.3 Å². The van der Waals surface area contributed by atoms with Gasteiger partial charge in [-0.1, -0.05) is 60.1 Å². The molecule has 4 saturated heterocycles. The first-order valence-electron chi connectivity index (χ1n) is 27.2. The second kappa shape index (κ2) is 21.0. The van der Waals surface area contributed by atoms with Gasteiger partial charge in [-0.15, -0.1) is 0 Å². The van der Waals surface area contributed by atoms with Crippen LogP contribution in [-0.2, 0) is 47.5 Å². The monoisotopic (exact) mass is 1090 g/mol. The number of aliphatic hydroxyl groups excluding tert-OH is 12. The fourth-order valence-corrected chi connectivity index (χ4v) is 16.2. The summed E-state index contributed by atoms with van der Waals surface area (Å²) in [7, 11) is 0. The molecule has 0 aromatic heterocycles. The van der Waals surface area contributed by atoms with Crippen LogP contribution in [0.25, 0.3) is 0 Å². The number of hydrogen-bond acceptors (Lipinski definition) is 22. The van der Waals surface area contributed by atoms with Crippen LogP contribution in [0.3, 0.4) is 0 Å². The van der Waals surface area contributed by atoms with Gasteiger partial charge in [0.05, 0.1) is 31.3 Å². The van der Waals surface area contributed by atoms with E-state index in [1.165, 1.54) is 5.57 Å². The minimum atomic E-state index is -2.10. The van der Waals surface area contributed by atoms with Crippen molar-refractivity contribution >= 4 is 11.9 Å². The fraction of sp³-hybridized carbons (Fsp3) is 0.925. The van der Waals surface area contributed by atoms with E-state index < -0.39 is 165 Å². The summed E-state index contributed by atoms with van der Waals surface area (Å²) in [5.74, 6) is -2.22. The molecule has 23 heteroatoms. The van der Waals surface area contributed by atoms with Crippen LogP contribution in [0.15, 0.2) is 11.6 Å². The zero-order chi connectivity index (χ0) is 55.6. The normalized spacial score (nSPS) is 52.9. The lowest BCUT2D eigenvalue weighted by Gasteiger charge is -2.71. The van der Waals surface area contributed by atoms with Crippen molar-refractivity contribution in [1.29, 1.82) is 0 Å². The summed E-state index contributed by atoms with van der Waals surface area (Å²) in [6.07, 6.45) is -25.0. The number of rotatable bonds is 11. The summed E-state index contributed by atoms with van der Waals surface area (Å²) in [4.78, 5) is 27.6. The highest BCUT2D eigenvalue weighted by Gasteiger charge is 2.70. The zero-order valence-electron chi connectivity index (χ0n) is 44.4. The van der Waals surface area contributed by atoms with Gasteiger partial charge in [0.15, 0.2) is 25.0 Å². The Bertz CT molecular complexity index is 2140. The molecule has 0 aromatic carbocycles. The molecule has 9 aliphatic rings.